The number of unbranched alkanes of at least 4 members (excludes halogenated alkanes) is 1. The van der Waals surface area contributed by atoms with Gasteiger partial charge in [0.2, 0.25) is 0 Å². The van der Waals surface area contributed by atoms with Crippen LogP contribution in [0.2, 0.25) is 0 Å². The number of ether oxygens (including phenoxy) is 1. The van der Waals surface area contributed by atoms with E-state index >= 15 is 0 Å². The zero-order valence-electron chi connectivity index (χ0n) is 10.4. The Bertz CT molecular complexity index is 433. The Hall–Kier alpha value is -1.55. The van der Waals surface area contributed by atoms with Crippen LogP contribution in [0.15, 0.2) is 29.3 Å². The molecular weight excluding hydrogens is 252 g/mol. The van der Waals surface area contributed by atoms with Gasteiger partial charge in [0.05, 0.1) is 23.7 Å². The summed E-state index contributed by atoms with van der Waals surface area (Å²) in [7, 11) is 0. The number of para-hydroxylation sites is 1. The Morgan fingerprint density at radius 3 is 2.83 bits per heavy atom. The van der Waals surface area contributed by atoms with Gasteiger partial charge in [0.1, 0.15) is 5.84 Å². The fraction of sp³-hybridized carbons (Fsp3) is 0.385. The Labute approximate surface area is 112 Å². The van der Waals surface area contributed by atoms with E-state index < -0.39 is 0 Å². The number of nitrogens with zero attached hydrogens (tertiary/aromatic N) is 1. The van der Waals surface area contributed by atoms with Crippen molar-refractivity contribution in [2.75, 3.05) is 12.5 Å². The average molecular weight is 269 g/mol. The van der Waals surface area contributed by atoms with Crippen LogP contribution in [0.5, 0.6) is 0 Å². The van der Waals surface area contributed by atoms with Crippen molar-refractivity contribution < 1.29 is 9.53 Å². The SMILES string of the molecule is CCCCOC(=O)c1ccccc1N=C(N)CCl. The zero-order valence-corrected chi connectivity index (χ0v) is 11.1. The Kier molecular flexibility index (Phi) is 6.22. The summed E-state index contributed by atoms with van der Waals surface area (Å²) in [6, 6.07) is 6.90. The summed E-state index contributed by atoms with van der Waals surface area (Å²) in [5.74, 6) is 0.00908. The number of hydrogen-bond donors (Lipinski definition) is 1. The largest absolute Gasteiger partial charge is 0.462 e. The van der Waals surface area contributed by atoms with Gasteiger partial charge in [-0.25, -0.2) is 9.79 Å². The maximum Gasteiger partial charge on any atom is 0.340 e. The minimum Gasteiger partial charge on any atom is -0.462 e. The lowest BCUT2D eigenvalue weighted by Gasteiger charge is -2.06. The van der Waals surface area contributed by atoms with Crippen molar-refractivity contribution in [3.63, 3.8) is 0 Å². The van der Waals surface area contributed by atoms with Crippen LogP contribution in [0.25, 0.3) is 0 Å². The predicted octanol–water partition coefficient (Wildman–Crippen LogP) is 2.87. The van der Waals surface area contributed by atoms with Gasteiger partial charge in [0.15, 0.2) is 0 Å². The van der Waals surface area contributed by atoms with Crippen LogP contribution in [0.4, 0.5) is 5.69 Å². The fourth-order valence-electron chi connectivity index (χ4n) is 1.32. The molecule has 0 aromatic heterocycles. The second-order valence-corrected chi connectivity index (χ2v) is 4.01. The number of carbonyl (C=O) groups excluding carboxylic acids is 1. The molecule has 2 N–H and O–H groups in total. The third-order valence-corrected chi connectivity index (χ3v) is 2.53. The molecule has 0 saturated carbocycles. The molecule has 0 fully saturated rings. The van der Waals surface area contributed by atoms with Crippen molar-refractivity contribution in [2.24, 2.45) is 10.7 Å². The van der Waals surface area contributed by atoms with Gasteiger partial charge < -0.3 is 10.5 Å². The van der Waals surface area contributed by atoms with E-state index in [1.165, 1.54) is 0 Å². The molecule has 1 aromatic rings. The van der Waals surface area contributed by atoms with E-state index in [9.17, 15) is 4.79 Å². The molecule has 0 aliphatic rings. The number of esters is 1. The molecule has 0 saturated heterocycles. The monoisotopic (exact) mass is 268 g/mol. The van der Waals surface area contributed by atoms with Crippen molar-refractivity contribution in [2.45, 2.75) is 19.8 Å². The highest BCUT2D eigenvalue weighted by molar-refractivity contribution is 6.28. The molecule has 0 heterocycles. The number of hydrogen-bond acceptors (Lipinski definition) is 3. The standard InChI is InChI=1S/C13H17ClN2O2/c1-2-3-8-18-13(17)10-6-4-5-7-11(10)16-12(15)9-14/h4-7H,2-3,8-9H2,1H3,(H2,15,16). The second-order valence-electron chi connectivity index (χ2n) is 3.74. The molecule has 0 aliphatic heterocycles. The first kappa shape index (κ1) is 14.5. The van der Waals surface area contributed by atoms with E-state index in [-0.39, 0.29) is 17.7 Å². The molecule has 98 valence electrons. The molecule has 0 atom stereocenters. The summed E-state index contributed by atoms with van der Waals surface area (Å²) in [6.07, 6.45) is 1.83. The van der Waals surface area contributed by atoms with Crippen LogP contribution in [-0.2, 0) is 4.74 Å². The third-order valence-electron chi connectivity index (χ3n) is 2.26. The summed E-state index contributed by atoms with van der Waals surface area (Å²) >= 11 is 5.56. The van der Waals surface area contributed by atoms with E-state index in [0.717, 1.165) is 12.8 Å². The molecule has 0 bridgehead atoms. The first-order valence-electron chi connectivity index (χ1n) is 5.84. The maximum absolute atomic E-state index is 11.8. The Morgan fingerprint density at radius 2 is 2.17 bits per heavy atom. The molecule has 0 amide bonds. The predicted molar refractivity (Wildman–Crippen MR) is 73.6 cm³/mol. The molecule has 1 rings (SSSR count). The van der Waals surface area contributed by atoms with Crippen LogP contribution in [0.1, 0.15) is 30.1 Å². The minimum absolute atomic E-state index is 0.124. The van der Waals surface area contributed by atoms with Crippen LogP contribution in [0.3, 0.4) is 0 Å². The van der Waals surface area contributed by atoms with Gasteiger partial charge in [0, 0.05) is 0 Å². The number of rotatable bonds is 6. The van der Waals surface area contributed by atoms with Gasteiger partial charge in [-0.2, -0.15) is 0 Å². The van der Waals surface area contributed by atoms with Gasteiger partial charge in [-0.05, 0) is 18.6 Å². The normalized spacial score (nSPS) is 11.3. The van der Waals surface area contributed by atoms with Crippen LogP contribution >= 0.6 is 11.6 Å². The second kappa shape index (κ2) is 7.71. The van der Waals surface area contributed by atoms with E-state index in [2.05, 4.69) is 4.99 Å². The molecule has 0 aliphatic carbocycles. The highest BCUT2D eigenvalue weighted by atomic mass is 35.5. The number of halogens is 1. The number of carbonyl (C=O) groups is 1. The zero-order chi connectivity index (χ0) is 13.4. The van der Waals surface area contributed by atoms with E-state index in [1.807, 2.05) is 6.92 Å². The van der Waals surface area contributed by atoms with Gasteiger partial charge in [0.25, 0.3) is 0 Å². The summed E-state index contributed by atoms with van der Waals surface area (Å²) in [6.45, 7) is 2.45. The lowest BCUT2D eigenvalue weighted by molar-refractivity contribution is 0.0501. The fourth-order valence-corrected chi connectivity index (χ4v) is 1.38. The Morgan fingerprint density at radius 1 is 1.44 bits per heavy atom. The van der Waals surface area contributed by atoms with Gasteiger partial charge >= 0.3 is 5.97 Å². The molecule has 18 heavy (non-hydrogen) atoms. The number of benzene rings is 1. The highest BCUT2D eigenvalue weighted by Gasteiger charge is 2.11. The molecular formula is C13H17ClN2O2. The first-order chi connectivity index (χ1) is 8.69. The van der Waals surface area contributed by atoms with E-state index in [4.69, 9.17) is 22.1 Å². The number of alkyl halides is 1. The summed E-state index contributed by atoms with van der Waals surface area (Å²) < 4.78 is 5.14. The quantitative estimate of drug-likeness (QED) is 0.284. The topological polar surface area (TPSA) is 64.7 Å². The first-order valence-corrected chi connectivity index (χ1v) is 6.37. The minimum atomic E-state index is -0.384. The van der Waals surface area contributed by atoms with Crippen LogP contribution in [0, 0.1) is 0 Å². The maximum atomic E-state index is 11.8. The lowest BCUT2D eigenvalue weighted by atomic mass is 10.2. The summed E-state index contributed by atoms with van der Waals surface area (Å²) in [4.78, 5) is 15.9. The molecule has 1 aromatic carbocycles. The highest BCUT2D eigenvalue weighted by Crippen LogP contribution is 2.19. The van der Waals surface area contributed by atoms with Crippen molar-refractivity contribution in [3.8, 4) is 0 Å². The van der Waals surface area contributed by atoms with Gasteiger partial charge in [-0.3, -0.25) is 0 Å². The summed E-state index contributed by atoms with van der Waals surface area (Å²) in [5, 5.41) is 0. The van der Waals surface area contributed by atoms with Crippen molar-refractivity contribution >= 4 is 29.1 Å². The van der Waals surface area contributed by atoms with Crippen LogP contribution in [-0.4, -0.2) is 24.3 Å². The van der Waals surface area contributed by atoms with Gasteiger partial charge in [-0.1, -0.05) is 25.5 Å². The van der Waals surface area contributed by atoms with Crippen molar-refractivity contribution in [3.05, 3.63) is 29.8 Å². The smallest absolute Gasteiger partial charge is 0.340 e. The van der Waals surface area contributed by atoms with Gasteiger partial charge in [-0.15, -0.1) is 11.6 Å². The molecule has 0 spiro atoms. The number of aliphatic imine (C=N–C) groups is 1. The molecule has 0 radical (unpaired) electrons. The van der Waals surface area contributed by atoms with E-state index in [0.29, 0.717) is 17.9 Å². The lowest BCUT2D eigenvalue weighted by Crippen LogP contribution is -2.13. The molecule has 4 nitrogen and oxygen atoms in total. The van der Waals surface area contributed by atoms with Crippen LogP contribution < -0.4 is 5.73 Å². The Balaban J connectivity index is 2.84. The van der Waals surface area contributed by atoms with Crippen molar-refractivity contribution in [1.29, 1.82) is 0 Å². The number of nitrogens with two attached hydrogens (primary N) is 1. The van der Waals surface area contributed by atoms with Crippen molar-refractivity contribution in [1.82, 2.24) is 0 Å². The third kappa shape index (κ3) is 4.37. The number of amidine groups is 1. The summed E-state index contributed by atoms with van der Waals surface area (Å²) in [5.41, 5.74) is 6.45. The molecule has 0 unspecified atom stereocenters. The van der Waals surface area contributed by atoms with E-state index in [1.54, 1.807) is 24.3 Å². The average Bonchev–Trinajstić information content (AvgIpc) is 2.39. The molecule has 5 heteroatoms.